The summed E-state index contributed by atoms with van der Waals surface area (Å²) in [4.78, 5) is 24.2. The minimum absolute atomic E-state index is 0.0539. The highest BCUT2D eigenvalue weighted by Gasteiger charge is 2.32. The standard InChI is InChI=1S/C21H22BrN3OS/c1-13-11-19(14(2)10-15(13)22)27-12-20(26)25-9-5-8-18(25)21-23-16-6-3-4-7-17(16)24-21/h3-4,6-7,10-11,18H,5,8-9,12H2,1-2H3,(H,23,24). The lowest BCUT2D eigenvalue weighted by Crippen LogP contribution is -2.32. The van der Waals surface area contributed by atoms with Crippen LogP contribution in [0, 0.1) is 13.8 Å². The van der Waals surface area contributed by atoms with E-state index >= 15 is 0 Å². The van der Waals surface area contributed by atoms with Crippen molar-refractivity contribution in [3.63, 3.8) is 0 Å². The van der Waals surface area contributed by atoms with Crippen molar-refractivity contribution in [2.75, 3.05) is 12.3 Å². The number of carbonyl (C=O) groups excluding carboxylic acids is 1. The summed E-state index contributed by atoms with van der Waals surface area (Å²) in [5.74, 6) is 1.55. The van der Waals surface area contributed by atoms with Crippen LogP contribution in [0.25, 0.3) is 11.0 Å². The van der Waals surface area contributed by atoms with Crippen molar-refractivity contribution in [3.05, 3.63) is 57.8 Å². The van der Waals surface area contributed by atoms with Gasteiger partial charge < -0.3 is 9.88 Å². The van der Waals surface area contributed by atoms with Crippen molar-refractivity contribution in [2.45, 2.75) is 37.6 Å². The average Bonchev–Trinajstić information content (AvgIpc) is 3.29. The van der Waals surface area contributed by atoms with Gasteiger partial charge in [0.1, 0.15) is 5.82 Å². The Morgan fingerprint density at radius 2 is 2.11 bits per heavy atom. The van der Waals surface area contributed by atoms with Crippen LogP contribution in [0.5, 0.6) is 0 Å². The monoisotopic (exact) mass is 443 g/mol. The van der Waals surface area contributed by atoms with E-state index in [0.717, 1.165) is 40.7 Å². The zero-order chi connectivity index (χ0) is 19.0. The van der Waals surface area contributed by atoms with E-state index in [1.165, 1.54) is 16.0 Å². The molecule has 1 amide bonds. The van der Waals surface area contributed by atoms with Crippen molar-refractivity contribution >= 4 is 44.6 Å². The molecule has 1 aromatic heterocycles. The fourth-order valence-electron chi connectivity index (χ4n) is 3.61. The molecule has 4 nitrogen and oxygen atoms in total. The van der Waals surface area contributed by atoms with Gasteiger partial charge >= 0.3 is 0 Å². The molecule has 140 valence electrons. The van der Waals surface area contributed by atoms with Gasteiger partial charge in [0, 0.05) is 15.9 Å². The number of amides is 1. The molecule has 3 aromatic rings. The fraction of sp³-hybridized carbons (Fsp3) is 0.333. The lowest BCUT2D eigenvalue weighted by molar-refractivity contribution is -0.129. The number of para-hydroxylation sites is 2. The summed E-state index contributed by atoms with van der Waals surface area (Å²) in [6, 6.07) is 12.3. The number of aromatic nitrogens is 2. The van der Waals surface area contributed by atoms with Crippen molar-refractivity contribution in [1.82, 2.24) is 14.9 Å². The highest BCUT2D eigenvalue weighted by molar-refractivity contribution is 9.10. The quantitative estimate of drug-likeness (QED) is 0.549. The molecule has 1 unspecified atom stereocenters. The van der Waals surface area contributed by atoms with E-state index in [0.29, 0.717) is 5.75 Å². The average molecular weight is 444 g/mol. The van der Waals surface area contributed by atoms with Crippen molar-refractivity contribution in [3.8, 4) is 0 Å². The maximum atomic E-state index is 12.9. The highest BCUT2D eigenvalue weighted by Crippen LogP contribution is 2.33. The normalized spacial score (nSPS) is 17.0. The number of H-pyrrole nitrogens is 1. The van der Waals surface area contributed by atoms with Gasteiger partial charge in [-0.3, -0.25) is 4.79 Å². The van der Waals surface area contributed by atoms with Crippen molar-refractivity contribution in [1.29, 1.82) is 0 Å². The molecule has 0 spiro atoms. The Labute approximate surface area is 171 Å². The van der Waals surface area contributed by atoms with Gasteiger partial charge in [0.05, 0.1) is 22.8 Å². The first-order chi connectivity index (χ1) is 13.0. The van der Waals surface area contributed by atoms with Crippen LogP contribution < -0.4 is 0 Å². The molecule has 27 heavy (non-hydrogen) atoms. The highest BCUT2D eigenvalue weighted by atomic mass is 79.9. The topological polar surface area (TPSA) is 49.0 Å². The van der Waals surface area contributed by atoms with E-state index in [4.69, 9.17) is 4.98 Å². The number of benzene rings is 2. The summed E-state index contributed by atoms with van der Waals surface area (Å²) in [7, 11) is 0. The molecule has 2 aromatic carbocycles. The third-order valence-electron chi connectivity index (χ3n) is 5.10. The van der Waals surface area contributed by atoms with Gasteiger partial charge in [0.25, 0.3) is 0 Å². The largest absolute Gasteiger partial charge is 0.340 e. The first kappa shape index (κ1) is 18.6. The second-order valence-corrected chi connectivity index (χ2v) is 8.91. The number of likely N-dealkylation sites (tertiary alicyclic amines) is 1. The van der Waals surface area contributed by atoms with Crippen LogP contribution in [0.3, 0.4) is 0 Å². The predicted molar refractivity (Wildman–Crippen MR) is 114 cm³/mol. The van der Waals surface area contributed by atoms with Gasteiger partial charge in [-0.25, -0.2) is 4.98 Å². The second-order valence-electron chi connectivity index (χ2n) is 7.04. The number of rotatable bonds is 4. The van der Waals surface area contributed by atoms with Crippen LogP contribution in [0.2, 0.25) is 0 Å². The number of nitrogens with one attached hydrogen (secondary N) is 1. The maximum absolute atomic E-state index is 12.9. The Morgan fingerprint density at radius 1 is 1.30 bits per heavy atom. The van der Waals surface area contributed by atoms with Gasteiger partial charge in [-0.1, -0.05) is 28.1 Å². The molecule has 0 aliphatic carbocycles. The number of aromatic amines is 1. The summed E-state index contributed by atoms with van der Waals surface area (Å²) in [6.07, 6.45) is 1.99. The number of carbonyl (C=O) groups is 1. The van der Waals surface area contributed by atoms with Crippen LogP contribution in [0.1, 0.15) is 35.8 Å². The molecule has 1 fully saturated rings. The smallest absolute Gasteiger partial charge is 0.233 e. The predicted octanol–water partition coefficient (Wildman–Crippen LogP) is 5.40. The summed E-state index contributed by atoms with van der Waals surface area (Å²) >= 11 is 5.19. The molecular weight excluding hydrogens is 422 g/mol. The second kappa shape index (κ2) is 7.68. The number of hydrogen-bond acceptors (Lipinski definition) is 3. The summed E-state index contributed by atoms with van der Waals surface area (Å²) in [6.45, 7) is 4.97. The van der Waals surface area contributed by atoms with Crippen LogP contribution >= 0.6 is 27.7 Å². The van der Waals surface area contributed by atoms with Gasteiger partial charge in [-0.2, -0.15) is 0 Å². The van der Waals surface area contributed by atoms with Crippen LogP contribution in [0.15, 0.2) is 45.8 Å². The number of thioether (sulfide) groups is 1. The lowest BCUT2D eigenvalue weighted by Gasteiger charge is -2.23. The number of hydrogen-bond donors (Lipinski definition) is 1. The zero-order valence-corrected chi connectivity index (χ0v) is 17.9. The summed E-state index contributed by atoms with van der Waals surface area (Å²) in [5.41, 5.74) is 4.38. The molecule has 1 saturated heterocycles. The van der Waals surface area contributed by atoms with Gasteiger partial charge in [0.2, 0.25) is 5.91 Å². The number of aryl methyl sites for hydroxylation is 2. The molecule has 1 N–H and O–H groups in total. The SMILES string of the molecule is Cc1cc(SCC(=O)N2CCCC2c2nc3ccccc3[nH]2)c(C)cc1Br. The van der Waals surface area contributed by atoms with Gasteiger partial charge in [0.15, 0.2) is 0 Å². The molecule has 4 rings (SSSR count). The summed E-state index contributed by atoms with van der Waals surface area (Å²) in [5, 5.41) is 0. The molecule has 1 aliphatic rings. The molecule has 1 aliphatic heterocycles. The first-order valence-electron chi connectivity index (χ1n) is 9.16. The minimum Gasteiger partial charge on any atom is -0.340 e. The molecule has 0 radical (unpaired) electrons. The zero-order valence-electron chi connectivity index (χ0n) is 15.5. The molecule has 2 heterocycles. The van der Waals surface area contributed by atoms with E-state index in [9.17, 15) is 4.79 Å². The fourth-order valence-corrected chi connectivity index (χ4v) is 5.06. The Balaban J connectivity index is 1.48. The van der Waals surface area contributed by atoms with Gasteiger partial charge in [-0.15, -0.1) is 11.8 Å². The maximum Gasteiger partial charge on any atom is 0.233 e. The number of nitrogens with zero attached hydrogens (tertiary/aromatic N) is 2. The first-order valence-corrected chi connectivity index (χ1v) is 10.9. The Hall–Kier alpha value is -1.79. The number of fused-ring (bicyclic) bond motifs is 1. The van der Waals surface area contributed by atoms with Crippen LogP contribution in [0.4, 0.5) is 0 Å². The van der Waals surface area contributed by atoms with E-state index < -0.39 is 0 Å². The van der Waals surface area contributed by atoms with E-state index in [1.807, 2.05) is 29.2 Å². The molecule has 6 heteroatoms. The molecule has 0 bridgehead atoms. The Bertz CT molecular complexity index is 967. The summed E-state index contributed by atoms with van der Waals surface area (Å²) < 4.78 is 1.11. The van der Waals surface area contributed by atoms with E-state index in [1.54, 1.807) is 11.8 Å². The minimum atomic E-state index is 0.0539. The van der Waals surface area contributed by atoms with Crippen LogP contribution in [-0.2, 0) is 4.79 Å². The molecule has 0 saturated carbocycles. The Morgan fingerprint density at radius 3 is 2.93 bits per heavy atom. The third kappa shape index (κ3) is 3.78. The van der Waals surface area contributed by atoms with E-state index in [-0.39, 0.29) is 11.9 Å². The molecule has 1 atom stereocenters. The lowest BCUT2D eigenvalue weighted by atomic mass is 10.2. The van der Waals surface area contributed by atoms with Gasteiger partial charge in [-0.05, 0) is 62.1 Å². The van der Waals surface area contributed by atoms with Crippen molar-refractivity contribution in [2.24, 2.45) is 0 Å². The van der Waals surface area contributed by atoms with E-state index in [2.05, 4.69) is 46.9 Å². The van der Waals surface area contributed by atoms with Crippen LogP contribution in [-0.4, -0.2) is 33.1 Å². The molecular formula is C21H22BrN3OS. The van der Waals surface area contributed by atoms with Crippen molar-refractivity contribution < 1.29 is 4.79 Å². The number of halogens is 1. The number of imidazole rings is 1. The Kier molecular flexibility index (Phi) is 5.28. The third-order valence-corrected chi connectivity index (χ3v) is 7.10.